The van der Waals surface area contributed by atoms with Crippen molar-refractivity contribution in [2.75, 3.05) is 12.3 Å². The molecule has 13 heteroatoms. The minimum atomic E-state index is -5.41. The number of phosphoric acid groups is 1. The van der Waals surface area contributed by atoms with Gasteiger partial charge in [0, 0.05) is 0 Å². The van der Waals surface area contributed by atoms with Gasteiger partial charge in [-0.2, -0.15) is 0 Å². The number of ether oxygens (including phenoxy) is 1. The highest BCUT2D eigenvalue weighted by Crippen LogP contribution is 2.40. The van der Waals surface area contributed by atoms with Crippen LogP contribution in [0.15, 0.2) is 12.7 Å². The van der Waals surface area contributed by atoms with Gasteiger partial charge in [-0.1, -0.05) is 0 Å². The molecule has 1 saturated heterocycles. The number of aliphatic hydroxyl groups excluding tert-OH is 2. The molecular weight excluding hydrogens is 333 g/mol. The summed E-state index contributed by atoms with van der Waals surface area (Å²) >= 11 is 0. The van der Waals surface area contributed by atoms with E-state index in [1.165, 1.54) is 10.9 Å². The first kappa shape index (κ1) is 16.2. The average molecular weight is 345 g/mol. The number of aromatic nitrogens is 4. The zero-order valence-electron chi connectivity index (χ0n) is 11.4. The lowest BCUT2D eigenvalue weighted by Crippen LogP contribution is -2.37. The summed E-state index contributed by atoms with van der Waals surface area (Å²) in [6, 6.07) is 0. The number of phosphoric ester groups is 1. The van der Waals surface area contributed by atoms with Crippen LogP contribution in [0.4, 0.5) is 5.82 Å². The van der Waals surface area contributed by atoms with E-state index in [4.69, 9.17) is 10.5 Å². The van der Waals surface area contributed by atoms with Crippen molar-refractivity contribution in [2.45, 2.75) is 24.5 Å². The molecule has 0 bridgehead atoms. The molecule has 0 saturated carbocycles. The third-order valence-electron chi connectivity index (χ3n) is 3.40. The quantitative estimate of drug-likeness (QED) is 0.474. The molecule has 12 nitrogen and oxygen atoms in total. The first-order valence-electron chi connectivity index (χ1n) is 6.39. The summed E-state index contributed by atoms with van der Waals surface area (Å²) in [7, 11) is -5.41. The zero-order chi connectivity index (χ0) is 16.8. The molecule has 126 valence electrons. The summed E-state index contributed by atoms with van der Waals surface area (Å²) in [5.41, 5.74) is 6.07. The lowest BCUT2D eigenvalue weighted by Gasteiger charge is -2.34. The molecule has 0 unspecified atom stereocenters. The minimum absolute atomic E-state index is 0.0850. The van der Waals surface area contributed by atoms with Crippen molar-refractivity contribution < 1.29 is 33.8 Å². The number of nitrogen functional groups attached to an aromatic ring is 1. The summed E-state index contributed by atoms with van der Waals surface area (Å²) in [6.45, 7) is -0.608. The Morgan fingerprint density at radius 2 is 2.17 bits per heavy atom. The number of imidazole rings is 1. The van der Waals surface area contributed by atoms with Crippen LogP contribution in [0.5, 0.6) is 0 Å². The van der Waals surface area contributed by atoms with Gasteiger partial charge in [-0.05, 0) is 0 Å². The van der Waals surface area contributed by atoms with E-state index in [1.807, 2.05) is 0 Å². The third kappa shape index (κ3) is 2.93. The fourth-order valence-electron chi connectivity index (χ4n) is 2.41. The third-order valence-corrected chi connectivity index (χ3v) is 3.91. The summed E-state index contributed by atoms with van der Waals surface area (Å²) in [6.07, 6.45) is -3.12. The largest absolute Gasteiger partial charge is 0.790 e. The maximum atomic E-state index is 10.9. The molecule has 3 heterocycles. The van der Waals surface area contributed by atoms with Gasteiger partial charge in [0.15, 0.2) is 17.7 Å². The van der Waals surface area contributed by atoms with Crippen molar-refractivity contribution in [3.8, 4) is 0 Å². The van der Waals surface area contributed by atoms with Crippen molar-refractivity contribution >= 4 is 24.8 Å². The number of anilines is 1. The fourth-order valence-corrected chi connectivity index (χ4v) is 2.94. The number of nitrogens with two attached hydrogens (primary N) is 1. The van der Waals surface area contributed by atoms with Crippen LogP contribution < -0.4 is 15.5 Å². The fraction of sp³-hybridized carbons (Fsp3) is 0.500. The SMILES string of the molecule is Nc1ncnc2c1ncn2[C@@H]1O[C@H](CO)[C@@H](O)[C@H]1OP(=O)([O-])[O-]. The lowest BCUT2D eigenvalue weighted by atomic mass is 10.1. The Hall–Kier alpha value is -1.66. The van der Waals surface area contributed by atoms with Crippen LogP contribution >= 0.6 is 7.82 Å². The van der Waals surface area contributed by atoms with E-state index in [0.29, 0.717) is 0 Å². The Morgan fingerprint density at radius 1 is 1.43 bits per heavy atom. The van der Waals surface area contributed by atoms with E-state index in [-0.39, 0.29) is 17.0 Å². The molecule has 3 rings (SSSR count). The minimum Gasteiger partial charge on any atom is -0.790 e. The molecule has 4 atom stereocenters. The second-order valence-corrected chi connectivity index (χ2v) is 5.94. The van der Waals surface area contributed by atoms with Gasteiger partial charge in [-0.3, -0.25) is 4.57 Å². The average Bonchev–Trinajstić information content (AvgIpc) is 3.01. The van der Waals surface area contributed by atoms with Gasteiger partial charge in [-0.25, -0.2) is 15.0 Å². The molecule has 2 aromatic heterocycles. The van der Waals surface area contributed by atoms with E-state index in [9.17, 15) is 24.6 Å². The second kappa shape index (κ2) is 5.76. The van der Waals surface area contributed by atoms with Crippen molar-refractivity contribution in [3.63, 3.8) is 0 Å². The van der Waals surface area contributed by atoms with Gasteiger partial charge in [0.1, 0.15) is 30.2 Å². The highest BCUT2D eigenvalue weighted by atomic mass is 31.2. The van der Waals surface area contributed by atoms with Gasteiger partial charge in [0.05, 0.1) is 20.8 Å². The first-order chi connectivity index (χ1) is 10.8. The summed E-state index contributed by atoms with van der Waals surface area (Å²) in [4.78, 5) is 33.5. The highest BCUT2D eigenvalue weighted by Gasteiger charge is 2.46. The van der Waals surface area contributed by atoms with Gasteiger partial charge in [0.2, 0.25) is 0 Å². The molecule has 1 fully saturated rings. The van der Waals surface area contributed by atoms with Crippen LogP contribution in [0.2, 0.25) is 0 Å². The van der Waals surface area contributed by atoms with Gasteiger partial charge >= 0.3 is 0 Å². The first-order valence-corrected chi connectivity index (χ1v) is 7.85. The normalized spacial score (nSPS) is 28.5. The van der Waals surface area contributed by atoms with E-state index in [0.717, 1.165) is 6.33 Å². The van der Waals surface area contributed by atoms with Crippen molar-refractivity contribution in [1.29, 1.82) is 0 Å². The Kier molecular flexibility index (Phi) is 4.06. The van der Waals surface area contributed by atoms with Crippen molar-refractivity contribution in [3.05, 3.63) is 12.7 Å². The van der Waals surface area contributed by atoms with E-state index >= 15 is 0 Å². The van der Waals surface area contributed by atoms with E-state index < -0.39 is 39.0 Å². The molecule has 0 spiro atoms. The molecular formula is C10H12N5O7P-2. The molecule has 1 aliphatic heterocycles. The summed E-state index contributed by atoms with van der Waals surface area (Å²) < 4.78 is 21.9. The Labute approximate surface area is 128 Å². The lowest BCUT2D eigenvalue weighted by molar-refractivity contribution is -0.347. The molecule has 0 radical (unpaired) electrons. The standard InChI is InChI=1S/C10H14N5O7P/c11-8-5-9(13-2-12-8)15(3-14-5)10-7(22-23(18,19)20)6(17)4(1-16)21-10/h2-4,6-7,10,16-17H,1H2,(H2,11,12,13)(H2,18,19,20)/p-2/t4-,6-,7-,10-/m1/s1. The highest BCUT2D eigenvalue weighted by molar-refractivity contribution is 7.43. The van der Waals surface area contributed by atoms with Gasteiger partial charge in [0.25, 0.3) is 0 Å². The number of fused-ring (bicyclic) bond motifs is 1. The molecule has 0 amide bonds. The number of hydrogen-bond acceptors (Lipinski definition) is 11. The maximum absolute atomic E-state index is 10.9. The molecule has 23 heavy (non-hydrogen) atoms. The molecule has 2 aromatic rings. The number of hydrogen-bond donors (Lipinski definition) is 3. The maximum Gasteiger partial charge on any atom is 0.167 e. The topological polar surface area (TPSA) is 192 Å². The Bertz CT molecular complexity index is 763. The van der Waals surface area contributed by atoms with Crippen molar-refractivity contribution in [1.82, 2.24) is 19.5 Å². The van der Waals surface area contributed by atoms with Gasteiger partial charge < -0.3 is 39.6 Å². The van der Waals surface area contributed by atoms with Crippen LogP contribution in [0, 0.1) is 0 Å². The van der Waals surface area contributed by atoms with Crippen LogP contribution in [-0.2, 0) is 13.8 Å². The molecule has 0 aliphatic carbocycles. The van der Waals surface area contributed by atoms with Crippen LogP contribution in [0.1, 0.15) is 6.23 Å². The second-order valence-electron chi connectivity index (χ2n) is 4.84. The predicted molar refractivity (Wildman–Crippen MR) is 69.2 cm³/mol. The Morgan fingerprint density at radius 3 is 2.83 bits per heavy atom. The molecule has 0 aromatic carbocycles. The number of aliphatic hydroxyl groups is 2. The summed E-state index contributed by atoms with van der Waals surface area (Å²) in [5.74, 6) is 0.0850. The summed E-state index contributed by atoms with van der Waals surface area (Å²) in [5, 5.41) is 19.2. The smallest absolute Gasteiger partial charge is 0.167 e. The molecule has 4 N–H and O–H groups in total. The number of nitrogens with zero attached hydrogens (tertiary/aromatic N) is 4. The molecule has 1 aliphatic rings. The number of rotatable bonds is 4. The Balaban J connectivity index is 2.04. The van der Waals surface area contributed by atoms with E-state index in [1.54, 1.807) is 0 Å². The van der Waals surface area contributed by atoms with Gasteiger partial charge in [-0.15, -0.1) is 0 Å². The van der Waals surface area contributed by atoms with Crippen LogP contribution in [0.3, 0.4) is 0 Å². The van der Waals surface area contributed by atoms with Crippen molar-refractivity contribution in [2.24, 2.45) is 0 Å². The zero-order valence-corrected chi connectivity index (χ0v) is 12.3. The predicted octanol–water partition coefficient (Wildman–Crippen LogP) is -3.13. The monoisotopic (exact) mass is 345 g/mol. The van der Waals surface area contributed by atoms with Crippen LogP contribution in [-0.4, -0.2) is 54.7 Å². The van der Waals surface area contributed by atoms with E-state index in [2.05, 4.69) is 19.5 Å². The van der Waals surface area contributed by atoms with Crippen LogP contribution in [0.25, 0.3) is 11.2 Å².